The molecule has 1 aromatic heterocycles. The molecule has 6 nitrogen and oxygen atoms in total. The van der Waals surface area contributed by atoms with Gasteiger partial charge in [-0.3, -0.25) is 14.8 Å². The van der Waals surface area contributed by atoms with Gasteiger partial charge in [0.15, 0.2) is 11.5 Å². The van der Waals surface area contributed by atoms with Crippen LogP contribution >= 0.6 is 0 Å². The van der Waals surface area contributed by atoms with Gasteiger partial charge in [0, 0.05) is 31.5 Å². The summed E-state index contributed by atoms with van der Waals surface area (Å²) in [6.07, 6.45) is 8.61. The Morgan fingerprint density at radius 1 is 1.19 bits per heavy atom. The molecule has 0 aliphatic carbocycles. The van der Waals surface area contributed by atoms with Gasteiger partial charge >= 0.3 is 0 Å². The summed E-state index contributed by atoms with van der Waals surface area (Å²) >= 11 is 0. The molecular weight excluding hydrogens is 390 g/mol. The number of rotatable bonds is 6. The van der Waals surface area contributed by atoms with Gasteiger partial charge in [0.05, 0.1) is 18.4 Å². The van der Waals surface area contributed by atoms with E-state index in [-0.39, 0.29) is 5.78 Å². The Hall–Kier alpha value is -3.38. The molecule has 0 saturated carbocycles. The third kappa shape index (κ3) is 8.10. The van der Waals surface area contributed by atoms with E-state index < -0.39 is 0 Å². The first-order valence-electron chi connectivity index (χ1n) is 9.73. The third-order valence-electron chi connectivity index (χ3n) is 3.96. The molecule has 0 bridgehead atoms. The van der Waals surface area contributed by atoms with Gasteiger partial charge in [-0.2, -0.15) is 0 Å². The number of pyridine rings is 1. The molecule has 0 saturated heterocycles. The summed E-state index contributed by atoms with van der Waals surface area (Å²) in [6, 6.07) is 8.00. The molecule has 166 valence electrons. The van der Waals surface area contributed by atoms with Gasteiger partial charge in [0.25, 0.3) is 0 Å². The zero-order valence-electron chi connectivity index (χ0n) is 19.5. The van der Waals surface area contributed by atoms with E-state index in [4.69, 9.17) is 14.8 Å². The van der Waals surface area contributed by atoms with E-state index in [1.54, 1.807) is 26.4 Å². The number of benzene rings is 1. The average molecular weight is 424 g/mol. The molecule has 6 heteroatoms. The molecule has 2 aromatic rings. The Morgan fingerprint density at radius 2 is 1.81 bits per heavy atom. The Labute approximate surface area is 185 Å². The summed E-state index contributed by atoms with van der Waals surface area (Å²) in [5.74, 6) is 0.419. The summed E-state index contributed by atoms with van der Waals surface area (Å²) in [5.41, 5.74) is 4.66. The lowest BCUT2D eigenvalue weighted by molar-refractivity contribution is 0.101. The number of ether oxygens (including phenoxy) is 1. The van der Waals surface area contributed by atoms with Crippen LogP contribution in [0, 0.1) is 6.92 Å². The molecule has 1 heterocycles. The van der Waals surface area contributed by atoms with Crippen molar-refractivity contribution >= 4 is 30.5 Å². The highest BCUT2D eigenvalue weighted by molar-refractivity contribution is 6.03. The van der Waals surface area contributed by atoms with Gasteiger partial charge in [-0.1, -0.05) is 48.6 Å². The lowest BCUT2D eigenvalue weighted by Crippen LogP contribution is -2.07. The smallest absolute Gasteiger partial charge is 0.164 e. The summed E-state index contributed by atoms with van der Waals surface area (Å²) < 4.78 is 5.54. The van der Waals surface area contributed by atoms with Crippen molar-refractivity contribution in [3.8, 4) is 17.0 Å². The van der Waals surface area contributed by atoms with Crippen LogP contribution in [0.5, 0.6) is 5.75 Å². The molecule has 2 rings (SSSR count). The molecule has 0 atom stereocenters. The van der Waals surface area contributed by atoms with Crippen LogP contribution in [-0.2, 0) is 0 Å². The summed E-state index contributed by atoms with van der Waals surface area (Å²) in [5, 5.41) is 7.00. The second-order valence-corrected chi connectivity index (χ2v) is 6.07. The largest absolute Gasteiger partial charge is 0.494 e. The molecule has 0 unspecified atom stereocenters. The second kappa shape index (κ2) is 15.5. The van der Waals surface area contributed by atoms with E-state index in [1.165, 1.54) is 13.3 Å². The van der Waals surface area contributed by atoms with Crippen molar-refractivity contribution in [2.75, 3.05) is 21.3 Å². The van der Waals surface area contributed by atoms with E-state index in [9.17, 15) is 4.79 Å². The number of hydrogen-bond donors (Lipinski definition) is 1. The summed E-state index contributed by atoms with van der Waals surface area (Å²) in [4.78, 5) is 24.2. The first-order chi connectivity index (χ1) is 14.9. The highest BCUT2D eigenvalue weighted by atomic mass is 16.5. The van der Waals surface area contributed by atoms with Gasteiger partial charge in [0.2, 0.25) is 0 Å². The summed E-state index contributed by atoms with van der Waals surface area (Å²) in [6.45, 7) is 11.1. The van der Waals surface area contributed by atoms with E-state index >= 15 is 0 Å². The fourth-order valence-electron chi connectivity index (χ4n) is 2.68. The standard InChI is InChI=1S/C20H21NO2.C4H8N2.CH4O/c1-6-8-17-16(7-2)18(14(4)22)20(23-5)19(21-17)15-11-9-13(3)10-12-15;1-3-6-4-5-2;1-2/h6-12H,2H2,1,3-5H3;3-4H,1-2H3;2H,1H3/b8-6-;;. The lowest BCUT2D eigenvalue weighted by atomic mass is 9.97. The lowest BCUT2D eigenvalue weighted by Gasteiger charge is -2.16. The number of methoxy groups -OCH3 is 1. The minimum atomic E-state index is -0.0711. The molecule has 1 aromatic carbocycles. The van der Waals surface area contributed by atoms with Crippen LogP contribution in [0.2, 0.25) is 0 Å². The number of nitrogens with zero attached hydrogens (tertiary/aromatic N) is 3. The van der Waals surface area contributed by atoms with Gasteiger partial charge < -0.3 is 9.84 Å². The van der Waals surface area contributed by atoms with Crippen LogP contribution in [-0.4, -0.2) is 49.7 Å². The quantitative estimate of drug-likeness (QED) is 0.389. The number of aryl methyl sites for hydroxylation is 1. The fraction of sp³-hybridized carbons (Fsp3) is 0.280. The molecule has 0 radical (unpaired) electrons. The number of hydrogen-bond acceptors (Lipinski definition) is 5. The molecule has 1 N–H and O–H groups in total. The fourth-order valence-corrected chi connectivity index (χ4v) is 2.68. The van der Waals surface area contributed by atoms with E-state index in [0.717, 1.165) is 18.2 Å². The predicted molar refractivity (Wildman–Crippen MR) is 132 cm³/mol. The van der Waals surface area contributed by atoms with E-state index in [1.807, 2.05) is 57.2 Å². The number of aromatic nitrogens is 1. The molecule has 0 fully saturated rings. The Kier molecular flexibility index (Phi) is 13.8. The van der Waals surface area contributed by atoms with Crippen molar-refractivity contribution in [3.63, 3.8) is 0 Å². The number of carbonyl (C=O) groups excluding carboxylic acids is 1. The zero-order chi connectivity index (χ0) is 23.8. The van der Waals surface area contributed by atoms with Crippen LogP contribution in [0.1, 0.15) is 48.0 Å². The first kappa shape index (κ1) is 27.6. The zero-order valence-corrected chi connectivity index (χ0v) is 19.5. The molecule has 0 aliphatic heterocycles. The SMILES string of the molecule is C=Cc1c(/C=C\C)nc(-c2ccc(C)cc2)c(OC)c1C(C)=O.CC=NC=NC.CO. The maximum atomic E-state index is 12.2. The van der Waals surface area contributed by atoms with Crippen molar-refractivity contribution < 1.29 is 14.6 Å². The normalized spacial score (nSPS) is 10.5. The number of aliphatic imine (C=N–C) groups is 2. The van der Waals surface area contributed by atoms with Crippen LogP contribution < -0.4 is 4.74 Å². The Morgan fingerprint density at radius 3 is 2.19 bits per heavy atom. The van der Waals surface area contributed by atoms with Crippen LogP contribution in [0.25, 0.3) is 23.4 Å². The maximum absolute atomic E-state index is 12.2. The number of carbonyl (C=O) groups is 1. The number of aliphatic hydroxyl groups excluding tert-OH is 1. The van der Waals surface area contributed by atoms with E-state index in [2.05, 4.69) is 16.6 Å². The molecular formula is C25H33N3O3. The molecule has 0 spiro atoms. The van der Waals surface area contributed by atoms with Crippen LogP contribution in [0.15, 0.2) is 46.9 Å². The number of aliphatic hydroxyl groups is 1. The topological polar surface area (TPSA) is 84.1 Å². The number of ketones is 1. The van der Waals surface area contributed by atoms with Gasteiger partial charge in [0.1, 0.15) is 12.0 Å². The molecule has 31 heavy (non-hydrogen) atoms. The monoisotopic (exact) mass is 423 g/mol. The second-order valence-electron chi connectivity index (χ2n) is 6.07. The van der Waals surface area contributed by atoms with Crippen molar-refractivity contribution in [1.29, 1.82) is 0 Å². The first-order valence-corrected chi connectivity index (χ1v) is 9.73. The van der Waals surface area contributed by atoms with Crippen molar-refractivity contribution in [2.24, 2.45) is 9.98 Å². The van der Waals surface area contributed by atoms with Gasteiger partial charge in [-0.15, -0.1) is 0 Å². The minimum Gasteiger partial charge on any atom is -0.494 e. The highest BCUT2D eigenvalue weighted by Crippen LogP contribution is 2.36. The Balaban J connectivity index is 0.000000970. The minimum absolute atomic E-state index is 0.0711. The van der Waals surface area contributed by atoms with Crippen LogP contribution in [0.4, 0.5) is 0 Å². The van der Waals surface area contributed by atoms with Crippen molar-refractivity contribution in [2.45, 2.75) is 27.7 Å². The maximum Gasteiger partial charge on any atom is 0.164 e. The number of allylic oxidation sites excluding steroid dienone is 1. The van der Waals surface area contributed by atoms with Gasteiger partial charge in [-0.05, 0) is 33.8 Å². The molecule has 0 amide bonds. The average Bonchev–Trinajstić information content (AvgIpc) is 2.79. The Bertz CT molecular complexity index is 918. The predicted octanol–water partition coefficient (Wildman–Crippen LogP) is 5.29. The highest BCUT2D eigenvalue weighted by Gasteiger charge is 2.21. The third-order valence-corrected chi connectivity index (χ3v) is 3.96. The molecule has 0 aliphatic rings. The van der Waals surface area contributed by atoms with Crippen LogP contribution in [0.3, 0.4) is 0 Å². The van der Waals surface area contributed by atoms with Gasteiger partial charge in [-0.25, -0.2) is 4.98 Å². The number of Topliss-reactive ketones (excluding diaryl/α,β-unsaturated/α-hetero) is 1. The summed E-state index contributed by atoms with van der Waals surface area (Å²) in [7, 11) is 4.25. The van der Waals surface area contributed by atoms with E-state index in [0.29, 0.717) is 28.3 Å². The van der Waals surface area contributed by atoms with Crippen molar-refractivity contribution in [3.05, 3.63) is 59.3 Å². The van der Waals surface area contributed by atoms with Crippen molar-refractivity contribution in [1.82, 2.24) is 4.98 Å².